The number of methoxy groups -OCH3 is 2. The fraction of sp³-hybridized carbons (Fsp3) is 0.125. The fourth-order valence-corrected chi connectivity index (χ4v) is 2.98. The van der Waals surface area contributed by atoms with Gasteiger partial charge >= 0.3 is 0 Å². The first-order chi connectivity index (χ1) is 15.1. The van der Waals surface area contributed by atoms with E-state index in [1.807, 2.05) is 42.5 Å². The molecule has 0 aliphatic heterocycles. The summed E-state index contributed by atoms with van der Waals surface area (Å²) in [6.07, 6.45) is 4.85. The highest BCUT2D eigenvalue weighted by molar-refractivity contribution is 6.02. The number of benzene rings is 2. The summed E-state index contributed by atoms with van der Waals surface area (Å²) in [4.78, 5) is 12.3. The van der Waals surface area contributed by atoms with Crippen molar-refractivity contribution in [2.24, 2.45) is 0 Å². The molecule has 0 aliphatic carbocycles. The van der Waals surface area contributed by atoms with E-state index in [0.717, 1.165) is 11.3 Å². The van der Waals surface area contributed by atoms with E-state index in [-0.39, 0.29) is 12.1 Å². The normalized spacial score (nSPS) is 10.8. The molecule has 0 saturated carbocycles. The van der Waals surface area contributed by atoms with Crippen molar-refractivity contribution < 1.29 is 14.3 Å². The molecule has 0 atom stereocenters. The van der Waals surface area contributed by atoms with Gasteiger partial charge < -0.3 is 14.8 Å². The molecule has 1 amide bonds. The van der Waals surface area contributed by atoms with Crippen LogP contribution < -0.4 is 14.8 Å². The van der Waals surface area contributed by atoms with Crippen molar-refractivity contribution in [3.05, 3.63) is 78.5 Å². The van der Waals surface area contributed by atoms with Gasteiger partial charge in [0.15, 0.2) is 11.5 Å². The highest BCUT2D eigenvalue weighted by Gasteiger charge is 2.16. The monoisotopic (exact) mass is 414 g/mol. The third kappa shape index (κ3) is 4.82. The van der Waals surface area contributed by atoms with Crippen molar-refractivity contribution in [3.63, 3.8) is 0 Å². The molecule has 0 bridgehead atoms. The number of carbonyl (C=O) groups excluding carboxylic acids is 1. The molecular formula is C24H22N4O3. The number of para-hydroxylation sites is 1. The number of aromatic nitrogens is 2. The Morgan fingerprint density at radius 3 is 2.58 bits per heavy atom. The molecule has 7 heteroatoms. The molecule has 0 saturated heterocycles. The quantitative estimate of drug-likeness (QED) is 0.344. The Labute approximate surface area is 180 Å². The van der Waals surface area contributed by atoms with Gasteiger partial charge in [-0.05, 0) is 36.4 Å². The van der Waals surface area contributed by atoms with Crippen LogP contribution in [0.2, 0.25) is 0 Å². The molecule has 31 heavy (non-hydrogen) atoms. The maximum absolute atomic E-state index is 12.3. The van der Waals surface area contributed by atoms with Crippen LogP contribution in [0.5, 0.6) is 11.5 Å². The molecule has 2 aromatic carbocycles. The van der Waals surface area contributed by atoms with Gasteiger partial charge in [-0.1, -0.05) is 24.3 Å². The lowest BCUT2D eigenvalue weighted by Gasteiger charge is -2.09. The summed E-state index contributed by atoms with van der Waals surface area (Å²) in [5.41, 5.74) is 2.77. The van der Waals surface area contributed by atoms with Crippen molar-refractivity contribution >= 4 is 12.0 Å². The van der Waals surface area contributed by atoms with Crippen LogP contribution in [0.3, 0.4) is 0 Å². The number of carbonyl (C=O) groups is 1. The number of ether oxygens (including phenoxy) is 2. The molecule has 7 nitrogen and oxygen atoms in total. The SMILES string of the molecule is C=CCNC(=O)/C(C#N)=C/c1cn(-c2ccccc2)nc1-c1ccc(OC)c(OC)c1. The Morgan fingerprint density at radius 1 is 1.19 bits per heavy atom. The second-order valence-corrected chi connectivity index (χ2v) is 6.45. The summed E-state index contributed by atoms with van der Waals surface area (Å²) >= 11 is 0. The van der Waals surface area contributed by atoms with Crippen LogP contribution in [0, 0.1) is 11.3 Å². The first-order valence-electron chi connectivity index (χ1n) is 9.49. The number of hydrogen-bond donors (Lipinski definition) is 1. The minimum absolute atomic E-state index is 0.0313. The summed E-state index contributed by atoms with van der Waals surface area (Å²) in [6, 6.07) is 17.0. The van der Waals surface area contributed by atoms with Crippen molar-refractivity contribution in [2.75, 3.05) is 20.8 Å². The number of nitriles is 1. The van der Waals surface area contributed by atoms with Crippen LogP contribution in [0.1, 0.15) is 5.56 Å². The third-order valence-electron chi connectivity index (χ3n) is 4.49. The Bertz CT molecular complexity index is 1160. The summed E-state index contributed by atoms with van der Waals surface area (Å²) < 4.78 is 12.4. The van der Waals surface area contributed by atoms with E-state index >= 15 is 0 Å². The van der Waals surface area contributed by atoms with Gasteiger partial charge in [-0.15, -0.1) is 6.58 Å². The van der Waals surface area contributed by atoms with Crippen LogP contribution in [0.15, 0.2) is 73.0 Å². The van der Waals surface area contributed by atoms with Crippen molar-refractivity contribution in [1.29, 1.82) is 5.26 Å². The van der Waals surface area contributed by atoms with Crippen molar-refractivity contribution in [1.82, 2.24) is 15.1 Å². The topological polar surface area (TPSA) is 89.2 Å². The number of hydrogen-bond acceptors (Lipinski definition) is 5. The number of nitrogens with one attached hydrogen (secondary N) is 1. The first-order valence-corrected chi connectivity index (χ1v) is 9.49. The maximum Gasteiger partial charge on any atom is 0.262 e. The molecule has 156 valence electrons. The van der Waals surface area contributed by atoms with E-state index in [2.05, 4.69) is 11.9 Å². The molecule has 0 aliphatic rings. The van der Waals surface area contributed by atoms with Gasteiger partial charge in [0.25, 0.3) is 5.91 Å². The average molecular weight is 414 g/mol. The molecule has 1 heterocycles. The van der Waals surface area contributed by atoms with E-state index in [1.165, 1.54) is 6.08 Å². The van der Waals surface area contributed by atoms with Crippen LogP contribution in [-0.4, -0.2) is 36.5 Å². The smallest absolute Gasteiger partial charge is 0.262 e. The Morgan fingerprint density at radius 2 is 1.94 bits per heavy atom. The van der Waals surface area contributed by atoms with Crippen LogP contribution >= 0.6 is 0 Å². The Hall–Kier alpha value is -4.31. The van der Waals surface area contributed by atoms with Crippen molar-refractivity contribution in [2.45, 2.75) is 0 Å². The van der Waals surface area contributed by atoms with Crippen molar-refractivity contribution in [3.8, 4) is 34.5 Å². The summed E-state index contributed by atoms with van der Waals surface area (Å²) in [5, 5.41) is 16.9. The molecular weight excluding hydrogens is 392 g/mol. The Kier molecular flexibility index (Phi) is 6.86. The zero-order valence-electron chi connectivity index (χ0n) is 17.3. The Balaban J connectivity index is 2.15. The average Bonchev–Trinajstić information content (AvgIpc) is 3.24. The van der Waals surface area contributed by atoms with Gasteiger partial charge in [0.05, 0.1) is 19.9 Å². The fourth-order valence-electron chi connectivity index (χ4n) is 2.98. The van der Waals surface area contributed by atoms with E-state index in [4.69, 9.17) is 14.6 Å². The molecule has 1 N–H and O–H groups in total. The lowest BCUT2D eigenvalue weighted by Crippen LogP contribution is -2.24. The van der Waals surface area contributed by atoms with Gasteiger partial charge in [-0.3, -0.25) is 4.79 Å². The van der Waals surface area contributed by atoms with Crippen LogP contribution in [0.4, 0.5) is 0 Å². The zero-order chi connectivity index (χ0) is 22.2. The van der Waals surface area contributed by atoms with Gasteiger partial charge in [-0.25, -0.2) is 4.68 Å². The minimum atomic E-state index is -0.479. The molecule has 1 aromatic heterocycles. The second kappa shape index (κ2) is 9.94. The van der Waals surface area contributed by atoms with Crippen LogP contribution in [-0.2, 0) is 4.79 Å². The molecule has 3 aromatic rings. The van der Waals surface area contributed by atoms with Gasteiger partial charge in [-0.2, -0.15) is 10.4 Å². The van der Waals surface area contributed by atoms with E-state index in [0.29, 0.717) is 22.8 Å². The lowest BCUT2D eigenvalue weighted by atomic mass is 10.1. The predicted octanol–water partition coefficient (Wildman–Crippen LogP) is 3.77. The van der Waals surface area contributed by atoms with E-state index in [1.54, 1.807) is 43.3 Å². The highest BCUT2D eigenvalue weighted by atomic mass is 16.5. The van der Waals surface area contributed by atoms with Gasteiger partial charge in [0.2, 0.25) is 0 Å². The standard InChI is InChI=1S/C24H22N4O3/c1-4-12-26-24(29)18(15-25)13-19-16-28(20-8-6-5-7-9-20)27-23(19)17-10-11-21(30-2)22(14-17)31-3/h4-11,13-14,16H,1,12H2,2-3H3,(H,26,29)/b18-13+. The zero-order valence-corrected chi connectivity index (χ0v) is 17.3. The maximum atomic E-state index is 12.3. The molecule has 0 radical (unpaired) electrons. The van der Waals surface area contributed by atoms with Gasteiger partial charge in [0, 0.05) is 23.9 Å². The summed E-state index contributed by atoms with van der Waals surface area (Å²) in [7, 11) is 3.12. The van der Waals surface area contributed by atoms with E-state index in [9.17, 15) is 10.1 Å². The number of rotatable bonds is 8. The molecule has 0 fully saturated rings. The number of nitrogens with zero attached hydrogens (tertiary/aromatic N) is 3. The molecule has 3 rings (SSSR count). The first kappa shape index (κ1) is 21.4. The predicted molar refractivity (Wildman–Crippen MR) is 119 cm³/mol. The lowest BCUT2D eigenvalue weighted by molar-refractivity contribution is -0.116. The summed E-state index contributed by atoms with van der Waals surface area (Å²) in [6.45, 7) is 3.84. The second-order valence-electron chi connectivity index (χ2n) is 6.45. The minimum Gasteiger partial charge on any atom is -0.493 e. The molecule has 0 spiro atoms. The number of amides is 1. The van der Waals surface area contributed by atoms with E-state index < -0.39 is 5.91 Å². The highest BCUT2D eigenvalue weighted by Crippen LogP contribution is 2.34. The molecule has 0 unspecified atom stereocenters. The van der Waals surface area contributed by atoms with Crippen LogP contribution in [0.25, 0.3) is 23.0 Å². The third-order valence-corrected chi connectivity index (χ3v) is 4.49. The van der Waals surface area contributed by atoms with Gasteiger partial charge in [0.1, 0.15) is 17.3 Å². The largest absolute Gasteiger partial charge is 0.493 e. The summed E-state index contributed by atoms with van der Waals surface area (Å²) in [5.74, 6) is 0.661.